The summed E-state index contributed by atoms with van der Waals surface area (Å²) in [5.74, 6) is 1.67. The topological polar surface area (TPSA) is 114 Å². The van der Waals surface area contributed by atoms with Gasteiger partial charge in [0, 0.05) is 12.1 Å². The number of benzene rings is 2. The fourth-order valence-electron chi connectivity index (χ4n) is 3.57. The van der Waals surface area contributed by atoms with E-state index in [4.69, 9.17) is 9.47 Å². The van der Waals surface area contributed by atoms with E-state index in [-0.39, 0.29) is 5.82 Å². The Kier molecular flexibility index (Phi) is 4.53. The maximum absolute atomic E-state index is 12.7. The maximum Gasteiger partial charge on any atom is 0.295 e. The van der Waals surface area contributed by atoms with Crippen LogP contribution in [-0.2, 0) is 13.1 Å². The standard InChI is InChI=1S/C21H18N6O3/c22-11-15-14(13-4-5-17-18(10-13)30-9-8-29-17)2-1-3-16(15)24-21(28)20-25-19-12-23-6-7-27(19)26-20/h1-5,10,23H,6-9,12H2,(H,24,28). The summed E-state index contributed by atoms with van der Waals surface area (Å²) in [6, 6.07) is 13.1. The lowest BCUT2D eigenvalue weighted by atomic mass is 9.98. The lowest BCUT2D eigenvalue weighted by molar-refractivity contribution is 0.101. The molecule has 30 heavy (non-hydrogen) atoms. The molecule has 0 saturated heterocycles. The molecule has 1 aromatic heterocycles. The van der Waals surface area contributed by atoms with Gasteiger partial charge < -0.3 is 20.1 Å². The van der Waals surface area contributed by atoms with Crippen molar-refractivity contribution >= 4 is 11.6 Å². The molecule has 0 bridgehead atoms. The highest BCUT2D eigenvalue weighted by atomic mass is 16.6. The first-order valence-corrected chi connectivity index (χ1v) is 9.62. The summed E-state index contributed by atoms with van der Waals surface area (Å²) in [6.07, 6.45) is 0. The van der Waals surface area contributed by atoms with Crippen molar-refractivity contribution in [3.63, 3.8) is 0 Å². The third-order valence-corrected chi connectivity index (χ3v) is 5.01. The Balaban J connectivity index is 1.46. The Morgan fingerprint density at radius 2 is 2.07 bits per heavy atom. The zero-order valence-corrected chi connectivity index (χ0v) is 16.0. The summed E-state index contributed by atoms with van der Waals surface area (Å²) < 4.78 is 12.9. The number of aromatic nitrogens is 3. The smallest absolute Gasteiger partial charge is 0.295 e. The van der Waals surface area contributed by atoms with Gasteiger partial charge >= 0.3 is 0 Å². The van der Waals surface area contributed by atoms with E-state index in [9.17, 15) is 10.1 Å². The van der Waals surface area contributed by atoms with Crippen LogP contribution in [0.4, 0.5) is 5.69 Å². The molecule has 2 aliphatic heterocycles. The lowest BCUT2D eigenvalue weighted by Gasteiger charge is -2.19. The van der Waals surface area contributed by atoms with Crippen molar-refractivity contribution in [2.24, 2.45) is 0 Å². The molecule has 3 heterocycles. The van der Waals surface area contributed by atoms with Crippen LogP contribution in [0.1, 0.15) is 22.0 Å². The monoisotopic (exact) mass is 402 g/mol. The van der Waals surface area contributed by atoms with Gasteiger partial charge in [-0.15, -0.1) is 5.10 Å². The number of fused-ring (bicyclic) bond motifs is 2. The highest BCUT2D eigenvalue weighted by molar-refractivity contribution is 6.03. The quantitative estimate of drug-likeness (QED) is 0.688. The first-order valence-electron chi connectivity index (χ1n) is 9.62. The molecule has 2 aromatic carbocycles. The van der Waals surface area contributed by atoms with Crippen LogP contribution in [0, 0.1) is 11.3 Å². The molecule has 0 unspecified atom stereocenters. The average Bonchev–Trinajstić information content (AvgIpc) is 3.23. The average molecular weight is 402 g/mol. The molecule has 150 valence electrons. The number of amides is 1. The minimum atomic E-state index is -0.451. The molecular formula is C21H18N6O3. The van der Waals surface area contributed by atoms with Crippen LogP contribution in [0.15, 0.2) is 36.4 Å². The van der Waals surface area contributed by atoms with Gasteiger partial charge in [-0.05, 0) is 23.8 Å². The van der Waals surface area contributed by atoms with Crippen molar-refractivity contribution in [1.29, 1.82) is 5.26 Å². The molecule has 0 atom stereocenters. The Hall–Kier alpha value is -3.90. The van der Waals surface area contributed by atoms with Crippen molar-refractivity contribution in [2.75, 3.05) is 25.1 Å². The fourth-order valence-corrected chi connectivity index (χ4v) is 3.57. The van der Waals surface area contributed by atoms with Crippen LogP contribution in [-0.4, -0.2) is 40.4 Å². The van der Waals surface area contributed by atoms with Crippen LogP contribution < -0.4 is 20.1 Å². The van der Waals surface area contributed by atoms with E-state index in [0.29, 0.717) is 54.6 Å². The summed E-state index contributed by atoms with van der Waals surface area (Å²) in [6.45, 7) is 3.02. The highest BCUT2D eigenvalue weighted by Crippen LogP contribution is 2.37. The Morgan fingerprint density at radius 3 is 2.90 bits per heavy atom. The normalized spacial score (nSPS) is 14.5. The largest absolute Gasteiger partial charge is 0.486 e. The van der Waals surface area contributed by atoms with Crippen molar-refractivity contribution in [2.45, 2.75) is 13.1 Å². The highest BCUT2D eigenvalue weighted by Gasteiger charge is 2.21. The third kappa shape index (κ3) is 3.23. The number of hydrogen-bond donors (Lipinski definition) is 2. The molecule has 2 aliphatic rings. The number of anilines is 1. The van der Waals surface area contributed by atoms with Gasteiger partial charge in [-0.2, -0.15) is 5.26 Å². The molecule has 5 rings (SSSR count). The van der Waals surface area contributed by atoms with E-state index in [1.54, 1.807) is 16.8 Å². The number of carbonyl (C=O) groups is 1. The van der Waals surface area contributed by atoms with E-state index in [1.807, 2.05) is 24.3 Å². The first kappa shape index (κ1) is 18.1. The zero-order chi connectivity index (χ0) is 20.5. The van der Waals surface area contributed by atoms with Crippen LogP contribution in [0.2, 0.25) is 0 Å². The molecule has 0 saturated carbocycles. The molecule has 9 nitrogen and oxygen atoms in total. The zero-order valence-electron chi connectivity index (χ0n) is 16.0. The van der Waals surface area contributed by atoms with Gasteiger partial charge in [0.25, 0.3) is 5.91 Å². The summed E-state index contributed by atoms with van der Waals surface area (Å²) >= 11 is 0. The fraction of sp³-hybridized carbons (Fsp3) is 0.238. The number of nitrogens with zero attached hydrogens (tertiary/aromatic N) is 4. The molecule has 2 N–H and O–H groups in total. The summed E-state index contributed by atoms with van der Waals surface area (Å²) in [5.41, 5.74) is 2.25. The van der Waals surface area contributed by atoms with Gasteiger partial charge in [0.05, 0.1) is 24.3 Å². The molecule has 1 amide bonds. The molecule has 9 heteroatoms. The minimum Gasteiger partial charge on any atom is -0.486 e. The number of ether oxygens (including phenoxy) is 2. The van der Waals surface area contributed by atoms with Crippen LogP contribution in [0.5, 0.6) is 11.5 Å². The van der Waals surface area contributed by atoms with Gasteiger partial charge in [-0.25, -0.2) is 9.67 Å². The predicted molar refractivity (Wildman–Crippen MR) is 107 cm³/mol. The van der Waals surface area contributed by atoms with Crippen LogP contribution in [0.3, 0.4) is 0 Å². The summed E-state index contributed by atoms with van der Waals surface area (Å²) in [5, 5.41) is 20.1. The molecular weight excluding hydrogens is 384 g/mol. The number of carbonyl (C=O) groups excluding carboxylic acids is 1. The summed E-state index contributed by atoms with van der Waals surface area (Å²) in [4.78, 5) is 17.0. The van der Waals surface area contributed by atoms with E-state index in [1.165, 1.54) is 0 Å². The summed E-state index contributed by atoms with van der Waals surface area (Å²) in [7, 11) is 0. The van der Waals surface area contributed by atoms with Crippen molar-refractivity contribution in [3.05, 3.63) is 53.6 Å². The van der Waals surface area contributed by atoms with Crippen LogP contribution in [0.25, 0.3) is 11.1 Å². The number of hydrogen-bond acceptors (Lipinski definition) is 7. The van der Waals surface area contributed by atoms with Crippen molar-refractivity contribution in [3.8, 4) is 28.7 Å². The van der Waals surface area contributed by atoms with Crippen molar-refractivity contribution < 1.29 is 14.3 Å². The first-order chi connectivity index (χ1) is 14.7. The number of nitriles is 1. The van der Waals surface area contributed by atoms with Crippen LogP contribution >= 0.6 is 0 Å². The molecule has 0 fully saturated rings. The third-order valence-electron chi connectivity index (χ3n) is 5.01. The van der Waals surface area contributed by atoms with Gasteiger partial charge in [0.2, 0.25) is 5.82 Å². The van der Waals surface area contributed by atoms with E-state index >= 15 is 0 Å². The number of nitrogens with one attached hydrogen (secondary N) is 2. The van der Waals surface area contributed by atoms with Crippen molar-refractivity contribution in [1.82, 2.24) is 20.1 Å². The maximum atomic E-state index is 12.7. The Labute approximate surface area is 172 Å². The second kappa shape index (κ2) is 7.50. The van der Waals surface area contributed by atoms with E-state index < -0.39 is 5.91 Å². The minimum absolute atomic E-state index is 0.0855. The second-order valence-corrected chi connectivity index (χ2v) is 6.90. The molecule has 0 spiro atoms. The van der Waals surface area contributed by atoms with Gasteiger partial charge in [0.15, 0.2) is 11.5 Å². The predicted octanol–water partition coefficient (Wildman–Crippen LogP) is 1.94. The lowest BCUT2D eigenvalue weighted by Crippen LogP contribution is -2.28. The number of rotatable bonds is 3. The Bertz CT molecular complexity index is 1160. The van der Waals surface area contributed by atoms with Gasteiger partial charge in [-0.1, -0.05) is 18.2 Å². The second-order valence-electron chi connectivity index (χ2n) is 6.90. The van der Waals surface area contributed by atoms with Gasteiger partial charge in [0.1, 0.15) is 25.1 Å². The Morgan fingerprint density at radius 1 is 1.20 bits per heavy atom. The van der Waals surface area contributed by atoms with E-state index in [0.717, 1.165) is 17.9 Å². The van der Waals surface area contributed by atoms with Gasteiger partial charge in [-0.3, -0.25) is 4.79 Å². The molecule has 0 radical (unpaired) electrons. The SMILES string of the molecule is N#Cc1c(NC(=O)c2nc3n(n2)CCNC3)cccc1-c1ccc2c(c1)OCCO2. The molecule has 0 aliphatic carbocycles. The van der Waals surface area contributed by atoms with E-state index in [2.05, 4.69) is 26.8 Å². The molecule has 3 aromatic rings.